The summed E-state index contributed by atoms with van der Waals surface area (Å²) in [4.78, 5) is 2.38. The van der Waals surface area contributed by atoms with Crippen molar-refractivity contribution in [1.82, 2.24) is 25.0 Å². The first-order chi connectivity index (χ1) is 16.6. The molecule has 1 saturated carbocycles. The fourth-order valence-corrected chi connectivity index (χ4v) is 5.04. The van der Waals surface area contributed by atoms with Gasteiger partial charge in [-0.15, -0.1) is 20.4 Å². The molecule has 0 N–H and O–H groups in total. The number of ether oxygens (including phenoxy) is 3. The standard InChI is InChI=1S/C23H30N6O4S/c1-14-7-9-28(10-8-14)22-26-27-23(29(22)16-5-6-16)34-13-19-24-25-21(33-19)15-11-17(30-2)20(32-4)18(12-15)31-3/h11-12,14,16H,5-10,13H2,1-4H3. The number of methoxy groups -OCH3 is 3. The Kier molecular flexibility index (Phi) is 6.53. The van der Waals surface area contributed by atoms with Gasteiger partial charge in [0.1, 0.15) is 0 Å². The molecule has 2 fully saturated rings. The molecule has 0 spiro atoms. The van der Waals surface area contributed by atoms with Gasteiger partial charge < -0.3 is 23.5 Å². The molecule has 0 unspecified atom stereocenters. The molecule has 0 amide bonds. The zero-order valence-electron chi connectivity index (χ0n) is 20.0. The average molecular weight is 487 g/mol. The van der Waals surface area contributed by atoms with Crippen LogP contribution in [0, 0.1) is 5.92 Å². The van der Waals surface area contributed by atoms with Crippen LogP contribution in [0.25, 0.3) is 11.5 Å². The highest BCUT2D eigenvalue weighted by Gasteiger charge is 2.32. The summed E-state index contributed by atoms with van der Waals surface area (Å²) in [6.45, 7) is 4.40. The molecule has 11 heteroatoms. The normalized spacial score (nSPS) is 16.6. The zero-order chi connectivity index (χ0) is 23.7. The third-order valence-electron chi connectivity index (χ3n) is 6.33. The molecule has 0 atom stereocenters. The van der Waals surface area contributed by atoms with Crippen molar-refractivity contribution in [2.24, 2.45) is 5.92 Å². The monoisotopic (exact) mass is 486 g/mol. The van der Waals surface area contributed by atoms with Gasteiger partial charge in [-0.3, -0.25) is 4.57 Å². The summed E-state index contributed by atoms with van der Waals surface area (Å²) >= 11 is 1.58. The number of nitrogens with zero attached hydrogens (tertiary/aromatic N) is 6. The summed E-state index contributed by atoms with van der Waals surface area (Å²) < 4.78 is 24.5. The Hall–Kier alpha value is -2.95. The van der Waals surface area contributed by atoms with Gasteiger partial charge in [0.25, 0.3) is 0 Å². The minimum absolute atomic E-state index is 0.390. The second-order valence-corrected chi connectivity index (χ2v) is 9.70. The minimum Gasteiger partial charge on any atom is -0.493 e. The van der Waals surface area contributed by atoms with Gasteiger partial charge in [0.15, 0.2) is 16.7 Å². The first-order valence-electron chi connectivity index (χ1n) is 11.6. The van der Waals surface area contributed by atoms with Crippen molar-refractivity contribution in [3.63, 3.8) is 0 Å². The number of thioether (sulfide) groups is 1. The summed E-state index contributed by atoms with van der Waals surface area (Å²) in [6.07, 6.45) is 4.75. The Bertz CT molecular complexity index is 1110. The molecule has 2 aromatic heterocycles. The van der Waals surface area contributed by atoms with Crippen LogP contribution in [0.4, 0.5) is 5.95 Å². The van der Waals surface area contributed by atoms with E-state index in [1.165, 1.54) is 25.7 Å². The molecule has 0 radical (unpaired) electrons. The molecule has 34 heavy (non-hydrogen) atoms. The predicted octanol–water partition coefficient (Wildman–Crippen LogP) is 4.22. The quantitative estimate of drug-likeness (QED) is 0.409. The summed E-state index contributed by atoms with van der Waals surface area (Å²) in [5.74, 6) is 4.78. The lowest BCUT2D eigenvalue weighted by Crippen LogP contribution is -2.34. The molecular formula is C23H30N6O4S. The van der Waals surface area contributed by atoms with Gasteiger partial charge in [-0.25, -0.2) is 0 Å². The Labute approximate surface area is 203 Å². The lowest BCUT2D eigenvalue weighted by Gasteiger charge is -2.31. The number of benzene rings is 1. The number of hydrogen-bond donors (Lipinski definition) is 0. The largest absolute Gasteiger partial charge is 0.493 e. The number of piperidine rings is 1. The van der Waals surface area contributed by atoms with Crippen LogP contribution in [0.3, 0.4) is 0 Å². The van der Waals surface area contributed by atoms with Gasteiger partial charge in [0.2, 0.25) is 23.5 Å². The third-order valence-corrected chi connectivity index (χ3v) is 7.26. The molecule has 3 aromatic rings. The van der Waals surface area contributed by atoms with Gasteiger partial charge >= 0.3 is 0 Å². The number of aromatic nitrogens is 5. The van der Waals surface area contributed by atoms with Gasteiger partial charge in [-0.2, -0.15) is 0 Å². The van der Waals surface area contributed by atoms with Crippen molar-refractivity contribution in [1.29, 1.82) is 0 Å². The molecule has 1 saturated heterocycles. The highest BCUT2D eigenvalue weighted by molar-refractivity contribution is 7.98. The van der Waals surface area contributed by atoms with Crippen molar-refractivity contribution in [3.8, 4) is 28.7 Å². The molecule has 3 heterocycles. The van der Waals surface area contributed by atoms with Gasteiger partial charge in [0, 0.05) is 24.7 Å². The molecule has 5 rings (SSSR count). The van der Waals surface area contributed by atoms with E-state index in [9.17, 15) is 0 Å². The summed E-state index contributed by atoms with van der Waals surface area (Å²) in [5.41, 5.74) is 0.695. The fraction of sp³-hybridized carbons (Fsp3) is 0.565. The minimum atomic E-state index is 0.390. The molecule has 1 aromatic carbocycles. The Morgan fingerprint density at radius 1 is 0.941 bits per heavy atom. The molecule has 10 nitrogen and oxygen atoms in total. The fourth-order valence-electron chi connectivity index (χ4n) is 4.20. The summed E-state index contributed by atoms with van der Waals surface area (Å²) in [5, 5.41) is 18.4. The van der Waals surface area contributed by atoms with Crippen LogP contribution in [-0.4, -0.2) is 59.4 Å². The van der Waals surface area contributed by atoms with E-state index in [1.54, 1.807) is 45.2 Å². The van der Waals surface area contributed by atoms with E-state index in [0.29, 0.717) is 46.4 Å². The van der Waals surface area contributed by atoms with Crippen molar-refractivity contribution in [2.45, 2.75) is 49.6 Å². The number of anilines is 1. The average Bonchev–Trinajstić information content (AvgIpc) is 3.43. The van der Waals surface area contributed by atoms with Crippen LogP contribution in [-0.2, 0) is 5.75 Å². The number of rotatable bonds is 9. The van der Waals surface area contributed by atoms with E-state index < -0.39 is 0 Å². The van der Waals surface area contributed by atoms with E-state index in [-0.39, 0.29) is 0 Å². The second-order valence-electron chi connectivity index (χ2n) is 8.76. The Morgan fingerprint density at radius 3 is 2.26 bits per heavy atom. The van der Waals surface area contributed by atoms with E-state index >= 15 is 0 Å². The van der Waals surface area contributed by atoms with Crippen molar-refractivity contribution < 1.29 is 18.6 Å². The summed E-state index contributed by atoms with van der Waals surface area (Å²) in [6, 6.07) is 4.08. The van der Waals surface area contributed by atoms with Crippen LogP contribution in [0.5, 0.6) is 17.2 Å². The maximum atomic E-state index is 5.95. The molecule has 0 bridgehead atoms. The zero-order valence-corrected chi connectivity index (χ0v) is 20.8. The van der Waals surface area contributed by atoms with Crippen LogP contribution >= 0.6 is 11.8 Å². The third kappa shape index (κ3) is 4.53. The number of hydrogen-bond acceptors (Lipinski definition) is 10. The van der Waals surface area contributed by atoms with E-state index in [1.807, 2.05) is 0 Å². The molecule has 2 aliphatic rings. The van der Waals surface area contributed by atoms with Crippen LogP contribution < -0.4 is 19.1 Å². The first-order valence-corrected chi connectivity index (χ1v) is 12.5. The lowest BCUT2D eigenvalue weighted by atomic mass is 10.00. The highest BCUT2D eigenvalue weighted by atomic mass is 32.2. The van der Waals surface area contributed by atoms with Crippen molar-refractivity contribution >= 4 is 17.7 Å². The summed E-state index contributed by atoms with van der Waals surface area (Å²) in [7, 11) is 4.72. The smallest absolute Gasteiger partial charge is 0.248 e. The topological polar surface area (TPSA) is 101 Å². The van der Waals surface area contributed by atoms with Crippen LogP contribution in [0.15, 0.2) is 21.7 Å². The first kappa shape index (κ1) is 22.8. The Balaban J connectivity index is 1.32. The van der Waals surface area contributed by atoms with E-state index in [4.69, 9.17) is 18.6 Å². The van der Waals surface area contributed by atoms with Crippen molar-refractivity contribution in [3.05, 3.63) is 18.0 Å². The lowest BCUT2D eigenvalue weighted by molar-refractivity contribution is 0.324. The van der Waals surface area contributed by atoms with Gasteiger partial charge in [0.05, 0.1) is 27.1 Å². The van der Waals surface area contributed by atoms with E-state index in [2.05, 4.69) is 36.8 Å². The molecule has 1 aliphatic heterocycles. The van der Waals surface area contributed by atoms with Gasteiger partial charge in [-0.05, 0) is 43.7 Å². The molecule has 1 aliphatic carbocycles. The highest BCUT2D eigenvalue weighted by Crippen LogP contribution is 2.43. The Morgan fingerprint density at radius 2 is 1.65 bits per heavy atom. The van der Waals surface area contributed by atoms with Crippen LogP contribution in [0.1, 0.15) is 44.5 Å². The predicted molar refractivity (Wildman–Crippen MR) is 128 cm³/mol. The van der Waals surface area contributed by atoms with Crippen molar-refractivity contribution in [2.75, 3.05) is 39.3 Å². The van der Waals surface area contributed by atoms with Gasteiger partial charge in [-0.1, -0.05) is 18.7 Å². The van der Waals surface area contributed by atoms with Crippen LogP contribution in [0.2, 0.25) is 0 Å². The maximum absolute atomic E-state index is 5.95. The SMILES string of the molecule is COc1cc(-c2nnc(CSc3nnc(N4CCC(C)CC4)n3C3CC3)o2)cc(OC)c1OC. The second kappa shape index (κ2) is 9.73. The maximum Gasteiger partial charge on any atom is 0.248 e. The molecular weight excluding hydrogens is 456 g/mol. The van der Waals surface area contributed by atoms with E-state index in [0.717, 1.165) is 30.1 Å². The molecule has 182 valence electrons.